The van der Waals surface area contributed by atoms with Gasteiger partial charge >= 0.3 is 0 Å². The van der Waals surface area contributed by atoms with Crippen molar-refractivity contribution in [2.24, 2.45) is 23.7 Å². The van der Waals surface area contributed by atoms with Gasteiger partial charge in [0.1, 0.15) is 0 Å². The zero-order chi connectivity index (χ0) is 14.4. The van der Waals surface area contributed by atoms with Crippen LogP contribution in [-0.2, 0) is 0 Å². The van der Waals surface area contributed by atoms with Gasteiger partial charge in [0.15, 0.2) is 12.3 Å². The van der Waals surface area contributed by atoms with Crippen LogP contribution in [0.4, 0.5) is 0 Å². The molecule has 1 aromatic carbocycles. The number of hydrogen-bond donors (Lipinski definition) is 0. The highest BCUT2D eigenvalue weighted by atomic mass is 35.5. The monoisotopic (exact) mass is 317 g/mol. The zero-order valence-corrected chi connectivity index (χ0v) is 13.7. The first kappa shape index (κ1) is 15.6. The molecule has 4 aliphatic carbocycles. The number of halogens is 1. The zero-order valence-electron chi connectivity index (χ0n) is 12.9. The number of rotatable bonds is 3. The van der Waals surface area contributed by atoms with E-state index in [-0.39, 0.29) is 12.4 Å². The maximum Gasteiger partial charge on any atom is 0.178 e. The summed E-state index contributed by atoms with van der Waals surface area (Å²) in [5.41, 5.74) is 3.23. The van der Waals surface area contributed by atoms with Gasteiger partial charge < -0.3 is 5.21 Å². The molecule has 1 aromatic rings. The predicted octanol–water partition coefficient (Wildman–Crippen LogP) is 4.53. The van der Waals surface area contributed by atoms with Crippen LogP contribution in [0.1, 0.15) is 37.7 Å². The Bertz CT molecular complexity index is 563. The lowest BCUT2D eigenvalue weighted by molar-refractivity contribution is -0.451. The van der Waals surface area contributed by atoms with E-state index in [9.17, 15) is 5.21 Å². The van der Waals surface area contributed by atoms with E-state index in [0.29, 0.717) is 18.4 Å². The molecule has 0 amide bonds. The third-order valence-electron chi connectivity index (χ3n) is 5.78. The van der Waals surface area contributed by atoms with E-state index < -0.39 is 0 Å². The van der Waals surface area contributed by atoms with E-state index >= 15 is 0 Å². The topological polar surface area (TPSA) is 26.1 Å². The Kier molecular flexibility index (Phi) is 4.31. The molecule has 0 radical (unpaired) electrons. The smallest absolute Gasteiger partial charge is 0.178 e. The highest BCUT2D eigenvalue weighted by Crippen LogP contribution is 2.52. The fourth-order valence-electron chi connectivity index (χ4n) is 5.10. The van der Waals surface area contributed by atoms with E-state index in [2.05, 4.69) is 6.58 Å². The number of nitrogens with zero attached hydrogens (tertiary/aromatic N) is 1. The molecule has 0 aromatic heterocycles. The van der Waals surface area contributed by atoms with Crippen molar-refractivity contribution < 1.29 is 4.74 Å². The van der Waals surface area contributed by atoms with Crippen molar-refractivity contribution in [3.05, 3.63) is 47.7 Å². The largest absolute Gasteiger partial charge is 0.624 e. The molecular formula is C19H24ClNO. The lowest BCUT2D eigenvalue weighted by Gasteiger charge is -2.48. The van der Waals surface area contributed by atoms with Crippen LogP contribution >= 0.6 is 12.4 Å². The minimum absolute atomic E-state index is 0. The van der Waals surface area contributed by atoms with Gasteiger partial charge in [0.2, 0.25) is 0 Å². The first-order valence-corrected chi connectivity index (χ1v) is 8.25. The van der Waals surface area contributed by atoms with Crippen molar-refractivity contribution in [2.75, 3.05) is 6.54 Å². The molecule has 2 nitrogen and oxygen atoms in total. The SMILES string of the molecule is C=C(C[N+]([O-])=C1C2CC3CC(C2)CC1C3)c1ccccc1.Cl. The highest BCUT2D eigenvalue weighted by molar-refractivity contribution is 5.87. The second-order valence-corrected chi connectivity index (χ2v) is 7.24. The van der Waals surface area contributed by atoms with Crippen LogP contribution in [0.25, 0.3) is 5.57 Å². The Morgan fingerprint density at radius 1 is 1.00 bits per heavy atom. The summed E-state index contributed by atoms with van der Waals surface area (Å²) >= 11 is 0. The fraction of sp³-hybridized carbons (Fsp3) is 0.526. The van der Waals surface area contributed by atoms with Gasteiger partial charge in [0, 0.05) is 17.4 Å². The van der Waals surface area contributed by atoms with Crippen molar-refractivity contribution in [1.29, 1.82) is 0 Å². The molecule has 5 rings (SSSR count). The van der Waals surface area contributed by atoms with Crippen molar-refractivity contribution >= 4 is 23.7 Å². The minimum atomic E-state index is 0. The van der Waals surface area contributed by atoms with Crippen LogP contribution in [0.3, 0.4) is 0 Å². The van der Waals surface area contributed by atoms with Crippen LogP contribution in [0.5, 0.6) is 0 Å². The standard InChI is InChI=1S/C19H23NO.ClH/c1-13(16-5-3-2-4-6-16)12-20(21)19-17-8-14-7-15(10-17)11-18(19)9-14;/h2-6,14-15,17-18H,1,7-12H2;1H. The lowest BCUT2D eigenvalue weighted by atomic mass is 9.55. The van der Waals surface area contributed by atoms with Gasteiger partial charge in [-0.15, -0.1) is 12.4 Å². The molecule has 0 heterocycles. The van der Waals surface area contributed by atoms with Crippen LogP contribution in [0.2, 0.25) is 0 Å². The third-order valence-corrected chi connectivity index (χ3v) is 5.78. The maximum atomic E-state index is 12.7. The molecule has 4 saturated carbocycles. The summed E-state index contributed by atoms with van der Waals surface area (Å²) in [5.74, 6) is 2.95. The predicted molar refractivity (Wildman–Crippen MR) is 93.3 cm³/mol. The van der Waals surface area contributed by atoms with Crippen molar-refractivity contribution in [3.8, 4) is 0 Å². The summed E-state index contributed by atoms with van der Waals surface area (Å²) in [4.78, 5) is 0. The van der Waals surface area contributed by atoms with E-state index in [4.69, 9.17) is 0 Å². The van der Waals surface area contributed by atoms with Crippen molar-refractivity contribution in [3.63, 3.8) is 0 Å². The molecule has 0 atom stereocenters. The normalized spacial score (nSPS) is 31.7. The summed E-state index contributed by atoms with van der Waals surface area (Å²) in [5, 5.41) is 12.7. The Labute approximate surface area is 138 Å². The molecular weight excluding hydrogens is 294 g/mol. The number of benzene rings is 1. The van der Waals surface area contributed by atoms with Gasteiger partial charge in [-0.05, 0) is 49.5 Å². The lowest BCUT2D eigenvalue weighted by Crippen LogP contribution is -2.48. The first-order chi connectivity index (χ1) is 10.2. The quantitative estimate of drug-likeness (QED) is 0.457. The van der Waals surface area contributed by atoms with Crippen LogP contribution in [0, 0.1) is 28.9 Å². The van der Waals surface area contributed by atoms with Crippen molar-refractivity contribution in [1.82, 2.24) is 0 Å². The molecule has 0 unspecified atom stereocenters. The second kappa shape index (κ2) is 6.08. The summed E-state index contributed by atoms with van der Waals surface area (Å²) in [7, 11) is 0. The molecule has 118 valence electrons. The number of hydrogen-bond acceptors (Lipinski definition) is 1. The van der Waals surface area contributed by atoms with Crippen LogP contribution < -0.4 is 0 Å². The average molecular weight is 318 g/mol. The van der Waals surface area contributed by atoms with Gasteiger partial charge in [-0.2, -0.15) is 0 Å². The molecule has 4 aliphatic rings. The maximum absolute atomic E-state index is 12.7. The molecule has 3 heteroatoms. The summed E-state index contributed by atoms with van der Waals surface area (Å²) in [6.45, 7) is 4.55. The van der Waals surface area contributed by atoms with Gasteiger partial charge in [-0.3, -0.25) is 0 Å². The molecule has 4 fully saturated rings. The molecule has 22 heavy (non-hydrogen) atoms. The average Bonchev–Trinajstić information content (AvgIpc) is 2.47. The Morgan fingerprint density at radius 2 is 1.55 bits per heavy atom. The molecule has 0 spiro atoms. The summed E-state index contributed by atoms with van der Waals surface area (Å²) < 4.78 is 1.29. The summed E-state index contributed by atoms with van der Waals surface area (Å²) in [6, 6.07) is 10.1. The molecule has 0 saturated heterocycles. The summed E-state index contributed by atoms with van der Waals surface area (Å²) in [6.07, 6.45) is 6.48. The Balaban J connectivity index is 0.00000144. The van der Waals surface area contributed by atoms with E-state index in [1.165, 1.54) is 42.6 Å². The van der Waals surface area contributed by atoms with Crippen LogP contribution in [0.15, 0.2) is 36.9 Å². The van der Waals surface area contributed by atoms with E-state index in [0.717, 1.165) is 23.0 Å². The van der Waals surface area contributed by atoms with E-state index in [1.54, 1.807) is 0 Å². The van der Waals surface area contributed by atoms with E-state index in [1.807, 2.05) is 30.3 Å². The minimum Gasteiger partial charge on any atom is -0.624 e. The Hall–Kier alpha value is -1.28. The van der Waals surface area contributed by atoms with Gasteiger partial charge in [0.25, 0.3) is 0 Å². The van der Waals surface area contributed by atoms with Gasteiger partial charge in [-0.25, -0.2) is 4.74 Å². The third kappa shape index (κ3) is 2.69. The fourth-order valence-corrected chi connectivity index (χ4v) is 5.10. The molecule has 0 aliphatic heterocycles. The van der Waals surface area contributed by atoms with Crippen LogP contribution in [-0.4, -0.2) is 17.0 Å². The molecule has 0 N–H and O–H groups in total. The van der Waals surface area contributed by atoms with Crippen molar-refractivity contribution in [2.45, 2.75) is 32.1 Å². The number of hydroxylamine groups is 1. The molecule has 4 bridgehead atoms. The second-order valence-electron chi connectivity index (χ2n) is 7.24. The first-order valence-electron chi connectivity index (χ1n) is 8.25. The highest BCUT2D eigenvalue weighted by Gasteiger charge is 2.49. The Morgan fingerprint density at radius 3 is 2.09 bits per heavy atom. The van der Waals surface area contributed by atoms with Gasteiger partial charge in [-0.1, -0.05) is 36.9 Å². The van der Waals surface area contributed by atoms with Gasteiger partial charge in [0.05, 0.1) is 0 Å².